The van der Waals surface area contributed by atoms with Gasteiger partial charge in [-0.2, -0.15) is 0 Å². The van der Waals surface area contributed by atoms with Crippen molar-refractivity contribution in [1.29, 1.82) is 0 Å². The van der Waals surface area contributed by atoms with E-state index in [4.69, 9.17) is 14.2 Å². The lowest BCUT2D eigenvalue weighted by atomic mass is 10.1. The van der Waals surface area contributed by atoms with E-state index in [0.717, 1.165) is 128 Å². The largest absolute Gasteiger partial charge is 0.462 e. The molecular formula is C71H116O6. The molecule has 1 unspecified atom stereocenters. The van der Waals surface area contributed by atoms with Gasteiger partial charge in [-0.3, -0.25) is 14.4 Å². The maximum atomic E-state index is 12.9. The summed E-state index contributed by atoms with van der Waals surface area (Å²) < 4.78 is 16.9. The molecular weight excluding hydrogens is 949 g/mol. The molecule has 0 aromatic rings. The quantitative estimate of drug-likeness (QED) is 0.0261. The van der Waals surface area contributed by atoms with Gasteiger partial charge < -0.3 is 14.2 Å². The van der Waals surface area contributed by atoms with E-state index in [1.807, 2.05) is 0 Å². The zero-order valence-corrected chi connectivity index (χ0v) is 49.9. The standard InChI is InChI=1S/C71H116O6/c1-4-7-10-13-16-19-22-25-28-30-32-34-35-37-38-40-43-46-49-52-55-58-61-64-70(73)76-67-68(66-75-69(72)63-60-57-54-51-48-45-42-27-24-21-18-15-12-9-6-3)77-71(74)65-62-59-56-53-50-47-44-41-39-36-33-31-29-26-23-20-17-14-11-8-5-2/h7-8,10-11,16-17,19-20,25-29,32-34,36,41-42,44,50,53,68H,4-6,9,12-15,18,21-24,30-31,35,37-40,43,45-49,51-52,54-67H2,1-3H3/b10-7-,11-8-,19-16-,20-17-,28-25-,29-26-,34-32-,36-33-,42-27-,44-41-,53-50-. The minimum absolute atomic E-state index is 0.104. The van der Waals surface area contributed by atoms with E-state index >= 15 is 0 Å². The normalized spacial score (nSPS) is 13.0. The molecule has 0 fully saturated rings. The summed E-state index contributed by atoms with van der Waals surface area (Å²) >= 11 is 0. The number of esters is 3. The lowest BCUT2D eigenvalue weighted by molar-refractivity contribution is -0.167. The van der Waals surface area contributed by atoms with E-state index in [9.17, 15) is 14.4 Å². The van der Waals surface area contributed by atoms with E-state index in [1.165, 1.54) is 103 Å². The van der Waals surface area contributed by atoms with Crippen LogP contribution < -0.4 is 0 Å². The first-order chi connectivity index (χ1) is 38.0. The highest BCUT2D eigenvalue weighted by Gasteiger charge is 2.19. The fourth-order valence-corrected chi connectivity index (χ4v) is 8.43. The molecule has 0 N–H and O–H groups in total. The Kier molecular flexibility index (Phi) is 60.4. The van der Waals surface area contributed by atoms with Crippen LogP contribution in [0.4, 0.5) is 0 Å². The lowest BCUT2D eigenvalue weighted by Crippen LogP contribution is -2.30. The fraction of sp³-hybridized carbons (Fsp3) is 0.648. The number of allylic oxidation sites excluding steroid dienone is 22. The first-order valence-corrected chi connectivity index (χ1v) is 31.7. The van der Waals surface area contributed by atoms with E-state index in [1.54, 1.807) is 0 Å². The number of rotatable bonds is 56. The highest BCUT2D eigenvalue weighted by atomic mass is 16.6. The second-order valence-corrected chi connectivity index (χ2v) is 20.5. The second kappa shape index (κ2) is 64.1. The summed E-state index contributed by atoms with van der Waals surface area (Å²) in [7, 11) is 0. The van der Waals surface area contributed by atoms with Crippen molar-refractivity contribution in [3.8, 4) is 0 Å². The number of carbonyl (C=O) groups is 3. The van der Waals surface area contributed by atoms with E-state index < -0.39 is 6.10 Å². The van der Waals surface area contributed by atoms with Crippen molar-refractivity contribution in [3.05, 3.63) is 134 Å². The topological polar surface area (TPSA) is 78.9 Å². The Bertz CT molecular complexity index is 1650. The molecule has 0 radical (unpaired) electrons. The van der Waals surface area contributed by atoms with E-state index in [0.29, 0.717) is 19.3 Å². The third kappa shape index (κ3) is 62.3. The zero-order valence-electron chi connectivity index (χ0n) is 49.9. The molecule has 1 atom stereocenters. The van der Waals surface area contributed by atoms with Crippen molar-refractivity contribution in [3.63, 3.8) is 0 Å². The van der Waals surface area contributed by atoms with Crippen LogP contribution in [0.5, 0.6) is 0 Å². The third-order valence-corrected chi connectivity index (χ3v) is 13.1. The minimum atomic E-state index is -0.812. The molecule has 0 heterocycles. The van der Waals surface area contributed by atoms with Gasteiger partial charge in [0.1, 0.15) is 13.2 Å². The first kappa shape index (κ1) is 72.5. The average Bonchev–Trinajstić information content (AvgIpc) is 3.43. The van der Waals surface area contributed by atoms with Gasteiger partial charge in [-0.15, -0.1) is 0 Å². The predicted molar refractivity (Wildman–Crippen MR) is 334 cm³/mol. The number of unbranched alkanes of at least 4 members (excludes halogenated alkanes) is 23. The Morgan fingerprint density at radius 2 is 0.506 bits per heavy atom. The summed E-state index contributed by atoms with van der Waals surface area (Å²) in [6, 6.07) is 0. The highest BCUT2D eigenvalue weighted by molar-refractivity contribution is 5.71. The van der Waals surface area contributed by atoms with Crippen LogP contribution in [0.25, 0.3) is 0 Å². The molecule has 0 spiro atoms. The van der Waals surface area contributed by atoms with Crippen LogP contribution in [-0.2, 0) is 28.6 Å². The highest BCUT2D eigenvalue weighted by Crippen LogP contribution is 2.15. The lowest BCUT2D eigenvalue weighted by Gasteiger charge is -2.18. The van der Waals surface area contributed by atoms with Crippen molar-refractivity contribution in [2.24, 2.45) is 0 Å². The van der Waals surface area contributed by atoms with Crippen LogP contribution >= 0.6 is 0 Å². The maximum Gasteiger partial charge on any atom is 0.306 e. The van der Waals surface area contributed by atoms with Gasteiger partial charge in [0.15, 0.2) is 6.10 Å². The van der Waals surface area contributed by atoms with E-state index in [2.05, 4.69) is 154 Å². The molecule has 0 rings (SSSR count). The van der Waals surface area contributed by atoms with Crippen LogP contribution in [-0.4, -0.2) is 37.2 Å². The Morgan fingerprint density at radius 1 is 0.273 bits per heavy atom. The Labute approximate surface area is 475 Å². The summed E-state index contributed by atoms with van der Waals surface area (Å²) in [5.74, 6) is -0.958. The van der Waals surface area contributed by atoms with Crippen molar-refractivity contribution >= 4 is 17.9 Å². The van der Waals surface area contributed by atoms with Crippen LogP contribution in [0.15, 0.2) is 134 Å². The van der Waals surface area contributed by atoms with Crippen molar-refractivity contribution in [2.45, 2.75) is 284 Å². The van der Waals surface area contributed by atoms with Crippen molar-refractivity contribution < 1.29 is 28.6 Å². The Balaban J connectivity index is 4.47. The summed E-state index contributed by atoms with van der Waals surface area (Å²) in [5, 5.41) is 0. The summed E-state index contributed by atoms with van der Waals surface area (Å²) in [6.07, 6.45) is 90.2. The van der Waals surface area contributed by atoms with Gasteiger partial charge in [0, 0.05) is 19.3 Å². The Morgan fingerprint density at radius 3 is 0.831 bits per heavy atom. The monoisotopic (exact) mass is 1060 g/mol. The van der Waals surface area contributed by atoms with Gasteiger partial charge in [-0.1, -0.05) is 257 Å². The SMILES string of the molecule is CC/C=C\C/C=C\C/C=C\C/C=C\C/C=C\C/C=C\CCCCC(=O)OC(COC(=O)CCCCCCC/C=C\CCCCCCCC)COC(=O)CCCCCCCCCCCC/C=C\C/C=C\C/C=C\C/C=C\CC. The molecule has 77 heavy (non-hydrogen) atoms. The number of hydrogen-bond donors (Lipinski definition) is 0. The van der Waals surface area contributed by atoms with Gasteiger partial charge in [0.05, 0.1) is 0 Å². The zero-order chi connectivity index (χ0) is 55.7. The summed E-state index contributed by atoms with van der Waals surface area (Å²) in [6.45, 7) is 6.37. The molecule has 6 heteroatoms. The van der Waals surface area contributed by atoms with Crippen LogP contribution in [0.1, 0.15) is 278 Å². The minimum Gasteiger partial charge on any atom is -0.462 e. The molecule has 0 aliphatic rings. The maximum absolute atomic E-state index is 12.9. The Hall–Kier alpha value is -4.45. The summed E-state index contributed by atoms with van der Waals surface area (Å²) in [5.41, 5.74) is 0. The number of ether oxygens (including phenoxy) is 3. The third-order valence-electron chi connectivity index (χ3n) is 13.1. The fourth-order valence-electron chi connectivity index (χ4n) is 8.43. The van der Waals surface area contributed by atoms with Gasteiger partial charge >= 0.3 is 17.9 Å². The molecule has 0 aromatic heterocycles. The first-order valence-electron chi connectivity index (χ1n) is 31.7. The number of hydrogen-bond acceptors (Lipinski definition) is 6. The molecule has 0 saturated carbocycles. The average molecular weight is 1070 g/mol. The molecule has 0 aliphatic carbocycles. The molecule has 436 valence electrons. The van der Waals surface area contributed by atoms with Crippen molar-refractivity contribution in [1.82, 2.24) is 0 Å². The van der Waals surface area contributed by atoms with Crippen LogP contribution in [0.3, 0.4) is 0 Å². The van der Waals surface area contributed by atoms with Crippen LogP contribution in [0, 0.1) is 0 Å². The summed E-state index contributed by atoms with van der Waals surface area (Å²) in [4.78, 5) is 38.3. The second-order valence-electron chi connectivity index (χ2n) is 20.5. The van der Waals surface area contributed by atoms with Crippen molar-refractivity contribution in [2.75, 3.05) is 13.2 Å². The smallest absolute Gasteiger partial charge is 0.306 e. The van der Waals surface area contributed by atoms with E-state index in [-0.39, 0.29) is 37.5 Å². The van der Waals surface area contributed by atoms with Gasteiger partial charge in [-0.25, -0.2) is 0 Å². The number of carbonyl (C=O) groups excluding carboxylic acids is 3. The molecule has 0 aliphatic heterocycles. The van der Waals surface area contributed by atoms with Gasteiger partial charge in [0.2, 0.25) is 0 Å². The van der Waals surface area contributed by atoms with Crippen LogP contribution in [0.2, 0.25) is 0 Å². The predicted octanol–water partition coefficient (Wildman–Crippen LogP) is 21.8. The molecule has 0 bridgehead atoms. The van der Waals surface area contributed by atoms with Gasteiger partial charge in [0.25, 0.3) is 0 Å². The molecule has 0 amide bonds. The molecule has 6 nitrogen and oxygen atoms in total. The van der Waals surface area contributed by atoms with Gasteiger partial charge in [-0.05, 0) is 135 Å². The molecule has 0 saturated heterocycles. The molecule has 0 aromatic carbocycles.